The number of hydrogen-bond acceptors (Lipinski definition) is 3. The molecule has 3 nitrogen and oxygen atoms in total. The molecule has 0 radical (unpaired) electrons. The summed E-state index contributed by atoms with van der Waals surface area (Å²) in [5, 5.41) is 0. The van der Waals surface area contributed by atoms with Crippen LogP contribution in [0.15, 0.2) is 0 Å². The van der Waals surface area contributed by atoms with Gasteiger partial charge in [-0.2, -0.15) is 11.8 Å². The van der Waals surface area contributed by atoms with Crippen LogP contribution in [0, 0.1) is 5.41 Å². The predicted molar refractivity (Wildman–Crippen MR) is 79.8 cm³/mol. The Morgan fingerprint density at radius 1 is 1.28 bits per heavy atom. The fourth-order valence-electron chi connectivity index (χ4n) is 1.99. The van der Waals surface area contributed by atoms with Crippen molar-refractivity contribution in [2.45, 2.75) is 52.5 Å². The van der Waals surface area contributed by atoms with Crippen LogP contribution in [0.2, 0.25) is 0 Å². The van der Waals surface area contributed by atoms with Gasteiger partial charge in [-0.25, -0.2) is 0 Å². The third-order valence-corrected chi connectivity index (χ3v) is 4.32. The van der Waals surface area contributed by atoms with Crippen LogP contribution in [0.5, 0.6) is 0 Å². The molecule has 0 aliphatic carbocycles. The van der Waals surface area contributed by atoms with Crippen molar-refractivity contribution < 1.29 is 4.79 Å². The molecular formula is C14H28N2OS. The predicted octanol–water partition coefficient (Wildman–Crippen LogP) is 2.50. The van der Waals surface area contributed by atoms with E-state index in [-0.39, 0.29) is 11.9 Å². The Morgan fingerprint density at radius 3 is 2.44 bits per heavy atom. The van der Waals surface area contributed by atoms with Crippen molar-refractivity contribution in [3.8, 4) is 0 Å². The molecule has 1 saturated heterocycles. The van der Waals surface area contributed by atoms with E-state index in [0.29, 0.717) is 5.41 Å². The van der Waals surface area contributed by atoms with Crippen LogP contribution < -0.4 is 5.73 Å². The Balaban J connectivity index is 2.09. The Hall–Kier alpha value is -0.220. The van der Waals surface area contributed by atoms with Gasteiger partial charge in [0, 0.05) is 13.1 Å². The molecule has 0 aromatic carbocycles. The Bertz CT molecular complexity index is 257. The van der Waals surface area contributed by atoms with Crippen LogP contribution in [0.25, 0.3) is 0 Å². The highest BCUT2D eigenvalue weighted by Gasteiger charge is 2.23. The fraction of sp³-hybridized carbons (Fsp3) is 0.929. The minimum absolute atomic E-state index is 0.156. The zero-order valence-corrected chi connectivity index (χ0v) is 12.9. The van der Waals surface area contributed by atoms with Crippen molar-refractivity contribution in [2.24, 2.45) is 11.1 Å². The Labute approximate surface area is 116 Å². The maximum atomic E-state index is 12.0. The molecule has 1 heterocycles. The molecule has 0 aromatic heterocycles. The first-order valence-electron chi connectivity index (χ1n) is 7.02. The van der Waals surface area contributed by atoms with E-state index in [9.17, 15) is 4.79 Å². The molecule has 4 heteroatoms. The van der Waals surface area contributed by atoms with Crippen LogP contribution in [0.3, 0.4) is 0 Å². The molecule has 1 unspecified atom stereocenters. The zero-order valence-electron chi connectivity index (χ0n) is 12.1. The van der Waals surface area contributed by atoms with Crippen LogP contribution in [-0.2, 0) is 4.79 Å². The maximum Gasteiger partial charge on any atom is 0.239 e. The molecule has 0 bridgehead atoms. The quantitative estimate of drug-likeness (QED) is 0.756. The van der Waals surface area contributed by atoms with Gasteiger partial charge < -0.3 is 10.6 Å². The number of thioether (sulfide) groups is 1. The summed E-state index contributed by atoms with van der Waals surface area (Å²) >= 11 is 1.92. The molecule has 1 amide bonds. The normalized spacial score (nSPS) is 18.1. The van der Waals surface area contributed by atoms with Gasteiger partial charge in [0.2, 0.25) is 5.91 Å². The molecule has 18 heavy (non-hydrogen) atoms. The standard InChI is InChI=1S/C14H28N2OS/c1-14(2,3)7-11-18-10-6-12(15)13(17)16-8-4-5-9-16/h12H,4-11,15H2,1-3H3. The second-order valence-electron chi connectivity index (χ2n) is 6.35. The highest BCUT2D eigenvalue weighted by atomic mass is 32.2. The summed E-state index contributed by atoms with van der Waals surface area (Å²) in [5.41, 5.74) is 6.36. The molecule has 0 saturated carbocycles. The lowest BCUT2D eigenvalue weighted by Gasteiger charge is -2.20. The number of nitrogens with zero attached hydrogens (tertiary/aromatic N) is 1. The average molecular weight is 272 g/mol. The lowest BCUT2D eigenvalue weighted by Crippen LogP contribution is -2.42. The summed E-state index contributed by atoms with van der Waals surface area (Å²) in [6.45, 7) is 8.59. The monoisotopic (exact) mass is 272 g/mol. The van der Waals surface area contributed by atoms with Crippen LogP contribution in [0.4, 0.5) is 0 Å². The van der Waals surface area contributed by atoms with Crippen molar-refractivity contribution in [1.29, 1.82) is 0 Å². The average Bonchev–Trinajstić information content (AvgIpc) is 2.79. The van der Waals surface area contributed by atoms with Crippen molar-refractivity contribution in [3.05, 3.63) is 0 Å². The van der Waals surface area contributed by atoms with Gasteiger partial charge in [0.25, 0.3) is 0 Å². The number of hydrogen-bond donors (Lipinski definition) is 1. The molecule has 1 aliphatic heterocycles. The molecule has 1 fully saturated rings. The van der Waals surface area contributed by atoms with Crippen LogP contribution in [0.1, 0.15) is 46.5 Å². The van der Waals surface area contributed by atoms with Gasteiger partial charge in [0.15, 0.2) is 0 Å². The summed E-state index contributed by atoms with van der Waals surface area (Å²) < 4.78 is 0. The molecule has 0 spiro atoms. The number of carbonyl (C=O) groups excluding carboxylic acids is 1. The van der Waals surface area contributed by atoms with Gasteiger partial charge in [-0.05, 0) is 42.6 Å². The molecule has 2 N–H and O–H groups in total. The number of carbonyl (C=O) groups is 1. The van der Waals surface area contributed by atoms with Gasteiger partial charge in [0.1, 0.15) is 0 Å². The van der Waals surface area contributed by atoms with Crippen LogP contribution in [-0.4, -0.2) is 41.4 Å². The summed E-state index contributed by atoms with van der Waals surface area (Å²) in [6, 6.07) is -0.287. The topological polar surface area (TPSA) is 46.3 Å². The van der Waals surface area contributed by atoms with E-state index < -0.39 is 0 Å². The Morgan fingerprint density at radius 2 is 1.89 bits per heavy atom. The van der Waals surface area contributed by atoms with E-state index in [0.717, 1.165) is 43.9 Å². The van der Waals surface area contributed by atoms with Crippen molar-refractivity contribution in [3.63, 3.8) is 0 Å². The largest absolute Gasteiger partial charge is 0.341 e. The van der Waals surface area contributed by atoms with Crippen molar-refractivity contribution in [1.82, 2.24) is 4.90 Å². The van der Waals surface area contributed by atoms with Gasteiger partial charge in [-0.15, -0.1) is 0 Å². The van der Waals surface area contributed by atoms with E-state index in [4.69, 9.17) is 5.73 Å². The highest BCUT2D eigenvalue weighted by molar-refractivity contribution is 7.99. The number of amides is 1. The van der Waals surface area contributed by atoms with E-state index >= 15 is 0 Å². The first kappa shape index (κ1) is 15.8. The van der Waals surface area contributed by atoms with Gasteiger partial charge in [0.05, 0.1) is 6.04 Å². The Kier molecular flexibility index (Phi) is 6.50. The summed E-state index contributed by atoms with van der Waals surface area (Å²) in [4.78, 5) is 13.9. The minimum atomic E-state index is -0.287. The molecule has 106 valence electrons. The number of nitrogens with two attached hydrogens (primary N) is 1. The summed E-state index contributed by atoms with van der Waals surface area (Å²) in [6.07, 6.45) is 4.30. The second-order valence-corrected chi connectivity index (χ2v) is 7.58. The first-order chi connectivity index (χ1) is 8.40. The van der Waals surface area contributed by atoms with Gasteiger partial charge >= 0.3 is 0 Å². The van der Waals surface area contributed by atoms with Crippen molar-refractivity contribution >= 4 is 17.7 Å². The molecule has 1 atom stereocenters. The first-order valence-corrected chi connectivity index (χ1v) is 8.18. The van der Waals surface area contributed by atoms with Crippen LogP contribution >= 0.6 is 11.8 Å². The number of rotatable bonds is 6. The second kappa shape index (κ2) is 7.39. The van der Waals surface area contributed by atoms with Gasteiger partial charge in [-0.3, -0.25) is 4.79 Å². The molecule has 1 rings (SSSR count). The maximum absolute atomic E-state index is 12.0. The van der Waals surface area contributed by atoms with E-state index in [1.807, 2.05) is 16.7 Å². The van der Waals surface area contributed by atoms with E-state index in [1.54, 1.807) is 0 Å². The summed E-state index contributed by atoms with van der Waals surface area (Å²) in [7, 11) is 0. The lowest BCUT2D eigenvalue weighted by molar-refractivity contribution is -0.131. The lowest BCUT2D eigenvalue weighted by atomic mass is 9.94. The fourth-order valence-corrected chi connectivity index (χ4v) is 3.37. The van der Waals surface area contributed by atoms with E-state index in [2.05, 4.69) is 20.8 Å². The molecular weight excluding hydrogens is 244 g/mol. The number of likely N-dealkylation sites (tertiary alicyclic amines) is 1. The SMILES string of the molecule is CC(C)(C)CCSCCC(N)C(=O)N1CCCC1. The third kappa shape index (κ3) is 6.10. The highest BCUT2D eigenvalue weighted by Crippen LogP contribution is 2.21. The molecule has 0 aromatic rings. The minimum Gasteiger partial charge on any atom is -0.341 e. The zero-order chi connectivity index (χ0) is 13.6. The molecule has 1 aliphatic rings. The van der Waals surface area contributed by atoms with Gasteiger partial charge in [-0.1, -0.05) is 20.8 Å². The van der Waals surface area contributed by atoms with Crippen molar-refractivity contribution in [2.75, 3.05) is 24.6 Å². The third-order valence-electron chi connectivity index (χ3n) is 3.30. The van der Waals surface area contributed by atoms with E-state index in [1.165, 1.54) is 6.42 Å². The smallest absolute Gasteiger partial charge is 0.239 e. The summed E-state index contributed by atoms with van der Waals surface area (Å²) in [5.74, 6) is 2.31.